The van der Waals surface area contributed by atoms with Crippen molar-refractivity contribution in [3.8, 4) is 17.1 Å². The summed E-state index contributed by atoms with van der Waals surface area (Å²) in [6.45, 7) is 5.09. The van der Waals surface area contributed by atoms with E-state index >= 15 is 0 Å². The van der Waals surface area contributed by atoms with Crippen LogP contribution in [0.2, 0.25) is 0 Å². The molecule has 2 rings (SSSR count). The number of benzene rings is 1. The summed E-state index contributed by atoms with van der Waals surface area (Å²) in [6.07, 6.45) is 0. The number of furan rings is 1. The highest BCUT2D eigenvalue weighted by molar-refractivity contribution is 9.10. The van der Waals surface area contributed by atoms with Crippen LogP contribution in [0.1, 0.15) is 25.6 Å². The zero-order valence-corrected chi connectivity index (χ0v) is 13.0. The first kappa shape index (κ1) is 14.2. The van der Waals surface area contributed by atoms with Crippen LogP contribution < -0.4 is 10.1 Å². The molecule has 1 aromatic heterocycles. The molecule has 0 bridgehead atoms. The Morgan fingerprint density at radius 2 is 2.11 bits per heavy atom. The van der Waals surface area contributed by atoms with Crippen molar-refractivity contribution >= 4 is 15.9 Å². The lowest BCUT2D eigenvalue weighted by Gasteiger charge is -2.09. The summed E-state index contributed by atoms with van der Waals surface area (Å²) in [5.41, 5.74) is 1.01. The standard InChI is InChI=1S/C15H18BrNO2/c1-4-17-10(2)13-7-8-14(19-13)11-5-6-12(16)15(9-11)18-3/h5-10,17H,4H2,1-3H3. The molecule has 0 saturated carbocycles. The minimum atomic E-state index is 0.219. The lowest BCUT2D eigenvalue weighted by atomic mass is 10.1. The number of rotatable bonds is 5. The van der Waals surface area contributed by atoms with Gasteiger partial charge in [-0.2, -0.15) is 0 Å². The maximum absolute atomic E-state index is 5.89. The van der Waals surface area contributed by atoms with E-state index in [9.17, 15) is 0 Å². The van der Waals surface area contributed by atoms with Crippen molar-refractivity contribution in [1.29, 1.82) is 0 Å². The lowest BCUT2D eigenvalue weighted by Crippen LogP contribution is -2.16. The van der Waals surface area contributed by atoms with E-state index in [1.165, 1.54) is 0 Å². The van der Waals surface area contributed by atoms with Crippen LogP contribution in [0, 0.1) is 0 Å². The third-order valence-electron chi connectivity index (χ3n) is 3.00. The molecule has 4 heteroatoms. The van der Waals surface area contributed by atoms with Crippen LogP contribution in [-0.4, -0.2) is 13.7 Å². The molecular formula is C15H18BrNO2. The zero-order valence-electron chi connectivity index (χ0n) is 11.4. The van der Waals surface area contributed by atoms with Gasteiger partial charge in [0, 0.05) is 5.56 Å². The van der Waals surface area contributed by atoms with Gasteiger partial charge in [-0.15, -0.1) is 0 Å². The van der Waals surface area contributed by atoms with Gasteiger partial charge in [-0.05, 0) is 59.7 Å². The molecule has 0 amide bonds. The fourth-order valence-electron chi connectivity index (χ4n) is 1.96. The Morgan fingerprint density at radius 1 is 1.32 bits per heavy atom. The molecule has 2 aromatic rings. The average molecular weight is 324 g/mol. The van der Waals surface area contributed by atoms with Crippen molar-refractivity contribution in [2.24, 2.45) is 0 Å². The highest BCUT2D eigenvalue weighted by Crippen LogP contribution is 2.32. The lowest BCUT2D eigenvalue weighted by molar-refractivity contribution is 0.411. The summed E-state index contributed by atoms with van der Waals surface area (Å²) < 4.78 is 12.1. The fraction of sp³-hybridized carbons (Fsp3) is 0.333. The van der Waals surface area contributed by atoms with Gasteiger partial charge >= 0.3 is 0 Å². The van der Waals surface area contributed by atoms with Gasteiger partial charge < -0.3 is 14.5 Å². The Kier molecular flexibility index (Phi) is 4.66. The predicted molar refractivity (Wildman–Crippen MR) is 80.5 cm³/mol. The second-order valence-corrected chi connectivity index (χ2v) is 5.19. The van der Waals surface area contributed by atoms with E-state index in [4.69, 9.17) is 9.15 Å². The van der Waals surface area contributed by atoms with E-state index < -0.39 is 0 Å². The summed E-state index contributed by atoms with van der Waals surface area (Å²) in [4.78, 5) is 0. The molecule has 0 fully saturated rings. The number of ether oxygens (including phenoxy) is 1. The number of hydrogen-bond acceptors (Lipinski definition) is 3. The molecule has 1 N–H and O–H groups in total. The van der Waals surface area contributed by atoms with Gasteiger partial charge in [-0.1, -0.05) is 6.92 Å². The normalized spacial score (nSPS) is 12.4. The van der Waals surface area contributed by atoms with Crippen molar-refractivity contribution in [2.75, 3.05) is 13.7 Å². The minimum absolute atomic E-state index is 0.219. The molecule has 0 spiro atoms. The molecule has 1 unspecified atom stereocenters. The molecule has 1 atom stereocenters. The molecule has 0 aliphatic carbocycles. The van der Waals surface area contributed by atoms with Crippen molar-refractivity contribution in [2.45, 2.75) is 19.9 Å². The molecule has 1 heterocycles. The van der Waals surface area contributed by atoms with E-state index in [0.717, 1.165) is 33.9 Å². The topological polar surface area (TPSA) is 34.4 Å². The van der Waals surface area contributed by atoms with Gasteiger partial charge in [0.1, 0.15) is 17.3 Å². The predicted octanol–water partition coefficient (Wildman–Crippen LogP) is 4.39. The highest BCUT2D eigenvalue weighted by atomic mass is 79.9. The van der Waals surface area contributed by atoms with Gasteiger partial charge in [0.2, 0.25) is 0 Å². The zero-order chi connectivity index (χ0) is 13.8. The van der Waals surface area contributed by atoms with E-state index in [2.05, 4.69) is 35.1 Å². The first-order valence-corrected chi connectivity index (χ1v) is 7.12. The summed E-state index contributed by atoms with van der Waals surface area (Å²) in [5, 5.41) is 3.33. The molecular weight excluding hydrogens is 306 g/mol. The minimum Gasteiger partial charge on any atom is -0.496 e. The number of hydrogen-bond donors (Lipinski definition) is 1. The SMILES string of the molecule is CCNC(C)c1ccc(-c2ccc(Br)c(OC)c2)o1. The summed E-state index contributed by atoms with van der Waals surface area (Å²) >= 11 is 3.45. The molecule has 0 aliphatic heterocycles. The van der Waals surface area contributed by atoms with Crippen molar-refractivity contribution in [3.05, 3.63) is 40.6 Å². The van der Waals surface area contributed by atoms with Crippen LogP contribution in [0.3, 0.4) is 0 Å². The Hall–Kier alpha value is -1.26. The Bertz CT molecular complexity index is 551. The van der Waals surface area contributed by atoms with Gasteiger partial charge in [0.05, 0.1) is 17.6 Å². The molecule has 0 saturated heterocycles. The fourth-order valence-corrected chi connectivity index (χ4v) is 2.37. The van der Waals surface area contributed by atoms with Gasteiger partial charge in [-0.3, -0.25) is 0 Å². The van der Waals surface area contributed by atoms with Crippen LogP contribution in [0.5, 0.6) is 5.75 Å². The number of nitrogens with one attached hydrogen (secondary N) is 1. The number of methoxy groups -OCH3 is 1. The van der Waals surface area contributed by atoms with Crippen molar-refractivity contribution < 1.29 is 9.15 Å². The molecule has 0 radical (unpaired) electrons. The largest absolute Gasteiger partial charge is 0.496 e. The Labute approximate surface area is 122 Å². The third kappa shape index (κ3) is 3.19. The van der Waals surface area contributed by atoms with Crippen LogP contribution >= 0.6 is 15.9 Å². The molecule has 3 nitrogen and oxygen atoms in total. The van der Waals surface area contributed by atoms with Crippen LogP contribution in [-0.2, 0) is 0 Å². The van der Waals surface area contributed by atoms with Crippen LogP contribution in [0.25, 0.3) is 11.3 Å². The summed E-state index contributed by atoms with van der Waals surface area (Å²) in [5.74, 6) is 2.60. The van der Waals surface area contributed by atoms with Crippen LogP contribution in [0.4, 0.5) is 0 Å². The smallest absolute Gasteiger partial charge is 0.134 e. The number of halogens is 1. The van der Waals surface area contributed by atoms with Gasteiger partial charge in [0.25, 0.3) is 0 Å². The monoisotopic (exact) mass is 323 g/mol. The van der Waals surface area contributed by atoms with E-state index in [1.54, 1.807) is 7.11 Å². The first-order chi connectivity index (χ1) is 9.15. The average Bonchev–Trinajstić information content (AvgIpc) is 2.89. The van der Waals surface area contributed by atoms with Crippen molar-refractivity contribution in [1.82, 2.24) is 5.32 Å². The van der Waals surface area contributed by atoms with Gasteiger partial charge in [0.15, 0.2) is 0 Å². The van der Waals surface area contributed by atoms with E-state index in [-0.39, 0.29) is 6.04 Å². The summed E-state index contributed by atoms with van der Waals surface area (Å²) in [7, 11) is 1.66. The third-order valence-corrected chi connectivity index (χ3v) is 3.65. The first-order valence-electron chi connectivity index (χ1n) is 6.32. The quantitative estimate of drug-likeness (QED) is 0.886. The Morgan fingerprint density at radius 3 is 2.79 bits per heavy atom. The van der Waals surface area contributed by atoms with Crippen LogP contribution in [0.15, 0.2) is 39.2 Å². The van der Waals surface area contributed by atoms with Gasteiger partial charge in [-0.25, -0.2) is 0 Å². The second-order valence-electron chi connectivity index (χ2n) is 4.33. The summed E-state index contributed by atoms with van der Waals surface area (Å²) in [6, 6.07) is 10.2. The van der Waals surface area contributed by atoms with E-state index in [1.807, 2.05) is 30.3 Å². The maximum Gasteiger partial charge on any atom is 0.134 e. The molecule has 102 valence electrons. The van der Waals surface area contributed by atoms with Crippen molar-refractivity contribution in [3.63, 3.8) is 0 Å². The molecule has 1 aromatic carbocycles. The molecule has 0 aliphatic rings. The second kappa shape index (κ2) is 6.26. The highest BCUT2D eigenvalue weighted by Gasteiger charge is 2.11. The maximum atomic E-state index is 5.89. The van der Waals surface area contributed by atoms with E-state index in [0.29, 0.717) is 0 Å². The molecule has 19 heavy (non-hydrogen) atoms. The Balaban J connectivity index is 2.27.